The Balaban J connectivity index is 2.86. The van der Waals surface area contributed by atoms with E-state index in [2.05, 4.69) is 15.9 Å². The number of rotatable bonds is 2. The van der Waals surface area contributed by atoms with E-state index in [-0.39, 0.29) is 0 Å². The largest absolute Gasteiger partial charge is 0.496 e. The zero-order valence-electron chi connectivity index (χ0n) is 8.58. The van der Waals surface area contributed by atoms with E-state index >= 15 is 0 Å². The van der Waals surface area contributed by atoms with Gasteiger partial charge in [0.15, 0.2) is 0 Å². The molecule has 0 aromatic heterocycles. The summed E-state index contributed by atoms with van der Waals surface area (Å²) in [5, 5.41) is 2.09. The van der Waals surface area contributed by atoms with Crippen LogP contribution in [0.1, 0.15) is 0 Å². The number of methoxy groups -OCH3 is 2. The summed E-state index contributed by atoms with van der Waals surface area (Å²) in [7, 11) is 3.34. The average molecular weight is 267 g/mol. The van der Waals surface area contributed by atoms with E-state index in [0.717, 1.165) is 26.7 Å². The van der Waals surface area contributed by atoms with Gasteiger partial charge in [0.2, 0.25) is 0 Å². The van der Waals surface area contributed by atoms with Gasteiger partial charge in [0.25, 0.3) is 0 Å². The van der Waals surface area contributed by atoms with Gasteiger partial charge < -0.3 is 9.47 Å². The first-order chi connectivity index (χ1) is 7.27. The molecule has 2 aromatic rings. The molecule has 0 radical (unpaired) electrons. The minimum Gasteiger partial charge on any atom is -0.496 e. The van der Waals surface area contributed by atoms with Gasteiger partial charge in [-0.1, -0.05) is 28.1 Å². The van der Waals surface area contributed by atoms with Crippen molar-refractivity contribution in [1.29, 1.82) is 0 Å². The summed E-state index contributed by atoms with van der Waals surface area (Å²) in [6, 6.07) is 9.81. The molecule has 2 aromatic carbocycles. The summed E-state index contributed by atoms with van der Waals surface area (Å²) in [5.74, 6) is 1.70. The Kier molecular flexibility index (Phi) is 2.82. The van der Waals surface area contributed by atoms with Crippen LogP contribution in [-0.2, 0) is 0 Å². The molecule has 0 aliphatic rings. The summed E-state index contributed by atoms with van der Waals surface area (Å²) < 4.78 is 11.6. The van der Waals surface area contributed by atoms with Gasteiger partial charge in [0.05, 0.1) is 14.2 Å². The fourth-order valence-corrected chi connectivity index (χ4v) is 2.21. The monoisotopic (exact) mass is 266 g/mol. The lowest BCUT2D eigenvalue weighted by Gasteiger charge is -2.10. The van der Waals surface area contributed by atoms with Gasteiger partial charge in [0, 0.05) is 15.2 Å². The maximum Gasteiger partial charge on any atom is 0.128 e. The smallest absolute Gasteiger partial charge is 0.128 e. The van der Waals surface area contributed by atoms with Crippen molar-refractivity contribution in [1.82, 2.24) is 0 Å². The second kappa shape index (κ2) is 4.11. The molecule has 0 aliphatic heterocycles. The Morgan fingerprint density at radius 2 is 1.60 bits per heavy atom. The molecule has 15 heavy (non-hydrogen) atoms. The van der Waals surface area contributed by atoms with E-state index in [9.17, 15) is 0 Å². The first-order valence-corrected chi connectivity index (χ1v) is 5.36. The van der Waals surface area contributed by atoms with E-state index in [4.69, 9.17) is 9.47 Å². The van der Waals surface area contributed by atoms with Gasteiger partial charge in [-0.15, -0.1) is 0 Å². The quantitative estimate of drug-likeness (QED) is 0.827. The third kappa shape index (κ3) is 1.67. The van der Waals surface area contributed by atoms with E-state index in [0.29, 0.717) is 0 Å². The number of benzene rings is 2. The van der Waals surface area contributed by atoms with Crippen molar-refractivity contribution in [2.75, 3.05) is 14.2 Å². The van der Waals surface area contributed by atoms with Crippen molar-refractivity contribution in [3.8, 4) is 11.5 Å². The topological polar surface area (TPSA) is 18.5 Å². The van der Waals surface area contributed by atoms with Gasteiger partial charge in [-0.05, 0) is 18.2 Å². The minimum absolute atomic E-state index is 0.846. The Hall–Kier alpha value is -1.22. The van der Waals surface area contributed by atoms with Crippen molar-refractivity contribution >= 4 is 26.7 Å². The van der Waals surface area contributed by atoms with Crippen LogP contribution in [0.5, 0.6) is 11.5 Å². The third-order valence-electron chi connectivity index (χ3n) is 2.35. The maximum atomic E-state index is 5.32. The molecule has 0 aliphatic carbocycles. The summed E-state index contributed by atoms with van der Waals surface area (Å²) >= 11 is 3.52. The normalized spacial score (nSPS) is 10.3. The van der Waals surface area contributed by atoms with Crippen molar-refractivity contribution in [2.24, 2.45) is 0 Å². The molecule has 0 heterocycles. The highest BCUT2D eigenvalue weighted by Gasteiger charge is 2.09. The van der Waals surface area contributed by atoms with Crippen LogP contribution in [0.3, 0.4) is 0 Å². The molecule has 0 unspecified atom stereocenters. The van der Waals surface area contributed by atoms with E-state index < -0.39 is 0 Å². The van der Waals surface area contributed by atoms with Crippen molar-refractivity contribution in [3.63, 3.8) is 0 Å². The molecule has 2 nitrogen and oxygen atoms in total. The zero-order valence-corrected chi connectivity index (χ0v) is 10.2. The highest BCUT2D eigenvalue weighted by atomic mass is 79.9. The predicted molar refractivity (Wildman–Crippen MR) is 64.8 cm³/mol. The Morgan fingerprint density at radius 3 is 2.27 bits per heavy atom. The first-order valence-electron chi connectivity index (χ1n) is 4.57. The minimum atomic E-state index is 0.846. The second-order valence-electron chi connectivity index (χ2n) is 3.13. The van der Waals surface area contributed by atoms with Crippen molar-refractivity contribution < 1.29 is 9.47 Å². The summed E-state index contributed by atoms with van der Waals surface area (Å²) in [6.07, 6.45) is 0. The van der Waals surface area contributed by atoms with E-state index in [1.807, 2.05) is 30.3 Å². The van der Waals surface area contributed by atoms with Crippen LogP contribution in [-0.4, -0.2) is 14.2 Å². The van der Waals surface area contributed by atoms with Crippen LogP contribution in [0.4, 0.5) is 0 Å². The molecule has 0 N–H and O–H groups in total. The standard InChI is InChI=1S/C12H11BrO2/c1-14-10-6-7-11(15-2)12-8(10)4-3-5-9(12)13/h3-7H,1-2H3. The lowest BCUT2D eigenvalue weighted by Crippen LogP contribution is -1.89. The number of fused-ring (bicyclic) bond motifs is 1. The van der Waals surface area contributed by atoms with Gasteiger partial charge in [-0.3, -0.25) is 0 Å². The zero-order chi connectivity index (χ0) is 10.8. The van der Waals surface area contributed by atoms with Gasteiger partial charge in [-0.25, -0.2) is 0 Å². The van der Waals surface area contributed by atoms with Crippen LogP contribution in [0.2, 0.25) is 0 Å². The fraction of sp³-hybridized carbons (Fsp3) is 0.167. The van der Waals surface area contributed by atoms with Crippen molar-refractivity contribution in [3.05, 3.63) is 34.8 Å². The molecule has 3 heteroatoms. The Bertz CT molecular complexity index is 494. The lowest BCUT2D eigenvalue weighted by molar-refractivity contribution is 0.410. The summed E-state index contributed by atoms with van der Waals surface area (Å²) in [4.78, 5) is 0. The number of hydrogen-bond acceptors (Lipinski definition) is 2. The molecular formula is C12H11BrO2. The molecule has 0 amide bonds. The lowest BCUT2D eigenvalue weighted by atomic mass is 10.1. The molecule has 0 saturated heterocycles. The highest BCUT2D eigenvalue weighted by molar-refractivity contribution is 9.10. The van der Waals surface area contributed by atoms with E-state index in [1.54, 1.807) is 14.2 Å². The van der Waals surface area contributed by atoms with E-state index in [1.165, 1.54) is 0 Å². The van der Waals surface area contributed by atoms with Gasteiger partial charge in [0.1, 0.15) is 11.5 Å². The molecule has 2 rings (SSSR count). The van der Waals surface area contributed by atoms with Crippen LogP contribution in [0.25, 0.3) is 10.8 Å². The van der Waals surface area contributed by atoms with Gasteiger partial charge >= 0.3 is 0 Å². The third-order valence-corrected chi connectivity index (χ3v) is 3.01. The highest BCUT2D eigenvalue weighted by Crippen LogP contribution is 2.37. The van der Waals surface area contributed by atoms with Crippen LogP contribution < -0.4 is 9.47 Å². The summed E-state index contributed by atoms with van der Waals surface area (Å²) in [6.45, 7) is 0. The molecule has 0 spiro atoms. The van der Waals surface area contributed by atoms with Crippen LogP contribution in [0, 0.1) is 0 Å². The second-order valence-corrected chi connectivity index (χ2v) is 3.99. The molecule has 78 valence electrons. The first kappa shape index (κ1) is 10.3. The molecule has 0 bridgehead atoms. The molecule has 0 atom stereocenters. The number of hydrogen-bond donors (Lipinski definition) is 0. The fourth-order valence-electron chi connectivity index (χ4n) is 1.65. The molecule has 0 fully saturated rings. The molecular weight excluding hydrogens is 256 g/mol. The van der Waals surface area contributed by atoms with Crippen molar-refractivity contribution in [2.45, 2.75) is 0 Å². The van der Waals surface area contributed by atoms with Gasteiger partial charge in [-0.2, -0.15) is 0 Å². The van der Waals surface area contributed by atoms with Crippen LogP contribution >= 0.6 is 15.9 Å². The SMILES string of the molecule is COc1ccc(OC)c2c(Br)cccc12. The predicted octanol–water partition coefficient (Wildman–Crippen LogP) is 3.62. The molecule has 0 saturated carbocycles. The average Bonchev–Trinajstić information content (AvgIpc) is 2.28. The Labute approximate surface area is 96.9 Å². The number of ether oxygens (including phenoxy) is 2. The van der Waals surface area contributed by atoms with Crippen LogP contribution in [0.15, 0.2) is 34.8 Å². The Morgan fingerprint density at radius 1 is 0.933 bits per heavy atom. The maximum absolute atomic E-state index is 5.32. The summed E-state index contributed by atoms with van der Waals surface area (Å²) in [5.41, 5.74) is 0. The number of halogens is 1.